The summed E-state index contributed by atoms with van der Waals surface area (Å²) in [6.45, 7) is 2.66. The summed E-state index contributed by atoms with van der Waals surface area (Å²) in [5.41, 5.74) is 2.34. The standard InChI is InChI=1S/C15H20N2O3/c1-11-5-7-12(8-6-11)13-4-3-9-17(13)15(19)16-10-14(18)20-2/h5-8,13H,3-4,9-10H2,1-2H3,(H,16,19)/t13-/m1/s1. The molecule has 1 aliphatic rings. The van der Waals surface area contributed by atoms with E-state index in [1.807, 2.05) is 6.92 Å². The highest BCUT2D eigenvalue weighted by Crippen LogP contribution is 2.31. The summed E-state index contributed by atoms with van der Waals surface area (Å²) in [7, 11) is 1.31. The molecule has 0 unspecified atom stereocenters. The number of aryl methyl sites for hydroxylation is 1. The highest BCUT2D eigenvalue weighted by molar-refractivity contribution is 5.81. The molecule has 0 aliphatic carbocycles. The Kier molecular flexibility index (Phi) is 4.61. The first-order valence-electron chi connectivity index (χ1n) is 6.79. The number of hydrogen-bond acceptors (Lipinski definition) is 3. The largest absolute Gasteiger partial charge is 0.468 e. The highest BCUT2D eigenvalue weighted by Gasteiger charge is 2.29. The van der Waals surface area contributed by atoms with Gasteiger partial charge in [0, 0.05) is 6.54 Å². The van der Waals surface area contributed by atoms with Crippen LogP contribution in [0.2, 0.25) is 0 Å². The Labute approximate surface area is 118 Å². The van der Waals surface area contributed by atoms with Crippen molar-refractivity contribution in [2.24, 2.45) is 0 Å². The van der Waals surface area contributed by atoms with Gasteiger partial charge in [-0.05, 0) is 25.3 Å². The summed E-state index contributed by atoms with van der Waals surface area (Å²) in [4.78, 5) is 25.0. The van der Waals surface area contributed by atoms with Gasteiger partial charge in [0.15, 0.2) is 0 Å². The van der Waals surface area contributed by atoms with E-state index in [2.05, 4.69) is 34.3 Å². The minimum Gasteiger partial charge on any atom is -0.468 e. The van der Waals surface area contributed by atoms with Crippen LogP contribution in [0.25, 0.3) is 0 Å². The van der Waals surface area contributed by atoms with Crippen LogP contribution in [0, 0.1) is 6.92 Å². The fourth-order valence-corrected chi connectivity index (χ4v) is 2.47. The van der Waals surface area contributed by atoms with Gasteiger partial charge in [-0.2, -0.15) is 0 Å². The van der Waals surface area contributed by atoms with E-state index in [9.17, 15) is 9.59 Å². The SMILES string of the molecule is COC(=O)CNC(=O)N1CCC[C@@H]1c1ccc(C)cc1. The number of nitrogens with one attached hydrogen (secondary N) is 1. The zero-order chi connectivity index (χ0) is 14.5. The Morgan fingerprint density at radius 3 is 2.70 bits per heavy atom. The van der Waals surface area contributed by atoms with Crippen LogP contribution >= 0.6 is 0 Å². The summed E-state index contributed by atoms with van der Waals surface area (Å²) in [6.07, 6.45) is 1.93. The number of esters is 1. The number of ether oxygens (including phenoxy) is 1. The number of likely N-dealkylation sites (tertiary alicyclic amines) is 1. The number of urea groups is 1. The van der Waals surface area contributed by atoms with Crippen molar-refractivity contribution in [3.63, 3.8) is 0 Å². The normalized spacial score (nSPS) is 17.9. The fraction of sp³-hybridized carbons (Fsp3) is 0.467. The monoisotopic (exact) mass is 276 g/mol. The van der Waals surface area contributed by atoms with Crippen LogP contribution in [-0.2, 0) is 9.53 Å². The second kappa shape index (κ2) is 6.41. The van der Waals surface area contributed by atoms with E-state index in [-0.39, 0.29) is 18.6 Å². The quantitative estimate of drug-likeness (QED) is 0.859. The lowest BCUT2D eigenvalue weighted by Crippen LogP contribution is -2.41. The topological polar surface area (TPSA) is 58.6 Å². The minimum atomic E-state index is -0.440. The average molecular weight is 276 g/mol. The Morgan fingerprint density at radius 1 is 1.35 bits per heavy atom. The summed E-state index contributed by atoms with van der Waals surface area (Å²) in [6, 6.07) is 8.11. The van der Waals surface area contributed by atoms with Crippen LogP contribution in [0.5, 0.6) is 0 Å². The Bertz CT molecular complexity index is 484. The van der Waals surface area contributed by atoms with Crippen molar-refractivity contribution in [1.29, 1.82) is 0 Å². The number of benzene rings is 1. The van der Waals surface area contributed by atoms with Crippen molar-refractivity contribution < 1.29 is 14.3 Å². The van der Waals surface area contributed by atoms with E-state index in [4.69, 9.17) is 0 Å². The van der Waals surface area contributed by atoms with Crippen molar-refractivity contribution in [2.75, 3.05) is 20.2 Å². The molecule has 1 aliphatic heterocycles. The molecule has 1 heterocycles. The predicted octanol–water partition coefficient (Wildman–Crippen LogP) is 2.01. The van der Waals surface area contributed by atoms with E-state index in [1.54, 1.807) is 4.90 Å². The molecule has 2 rings (SSSR count). The first-order valence-corrected chi connectivity index (χ1v) is 6.79. The van der Waals surface area contributed by atoms with Crippen LogP contribution in [0.4, 0.5) is 4.79 Å². The summed E-state index contributed by atoms with van der Waals surface area (Å²) in [5, 5.41) is 2.60. The third-order valence-corrected chi connectivity index (χ3v) is 3.59. The molecule has 2 amide bonds. The minimum absolute atomic E-state index is 0.0908. The molecule has 1 N–H and O–H groups in total. The average Bonchev–Trinajstić information content (AvgIpc) is 2.94. The molecule has 1 saturated heterocycles. The van der Waals surface area contributed by atoms with Gasteiger partial charge in [-0.15, -0.1) is 0 Å². The van der Waals surface area contributed by atoms with Crippen LogP contribution in [0.3, 0.4) is 0 Å². The van der Waals surface area contributed by atoms with Crippen molar-refractivity contribution in [1.82, 2.24) is 10.2 Å². The van der Waals surface area contributed by atoms with Gasteiger partial charge in [-0.25, -0.2) is 4.79 Å². The molecule has 5 heteroatoms. The molecule has 1 fully saturated rings. The van der Waals surface area contributed by atoms with Crippen LogP contribution in [0.15, 0.2) is 24.3 Å². The van der Waals surface area contributed by atoms with Gasteiger partial charge in [-0.3, -0.25) is 4.79 Å². The molecule has 1 aromatic rings. The maximum absolute atomic E-state index is 12.1. The van der Waals surface area contributed by atoms with Crippen molar-refractivity contribution in [3.05, 3.63) is 35.4 Å². The van der Waals surface area contributed by atoms with E-state index in [0.717, 1.165) is 18.4 Å². The van der Waals surface area contributed by atoms with Gasteiger partial charge in [0.25, 0.3) is 0 Å². The maximum atomic E-state index is 12.1. The summed E-state index contributed by atoms with van der Waals surface area (Å²) < 4.78 is 4.52. The van der Waals surface area contributed by atoms with Gasteiger partial charge in [-0.1, -0.05) is 29.8 Å². The maximum Gasteiger partial charge on any atom is 0.325 e. The highest BCUT2D eigenvalue weighted by atomic mass is 16.5. The number of amides is 2. The van der Waals surface area contributed by atoms with Crippen LogP contribution < -0.4 is 5.32 Å². The number of methoxy groups -OCH3 is 1. The van der Waals surface area contributed by atoms with E-state index >= 15 is 0 Å². The molecule has 20 heavy (non-hydrogen) atoms. The van der Waals surface area contributed by atoms with Crippen LogP contribution in [0.1, 0.15) is 30.0 Å². The van der Waals surface area contributed by atoms with E-state index < -0.39 is 5.97 Å². The summed E-state index contributed by atoms with van der Waals surface area (Å²) in [5.74, 6) is -0.440. The van der Waals surface area contributed by atoms with Crippen LogP contribution in [-0.4, -0.2) is 37.1 Å². The van der Waals surface area contributed by atoms with Crippen molar-refractivity contribution >= 4 is 12.0 Å². The molecule has 0 spiro atoms. The fourth-order valence-electron chi connectivity index (χ4n) is 2.47. The van der Waals surface area contributed by atoms with E-state index in [0.29, 0.717) is 6.54 Å². The van der Waals surface area contributed by atoms with Gasteiger partial charge >= 0.3 is 12.0 Å². The molecule has 0 aromatic heterocycles. The summed E-state index contributed by atoms with van der Waals surface area (Å²) >= 11 is 0. The first kappa shape index (κ1) is 14.4. The molecule has 5 nitrogen and oxygen atoms in total. The Morgan fingerprint density at radius 2 is 2.05 bits per heavy atom. The van der Waals surface area contributed by atoms with Crippen molar-refractivity contribution in [2.45, 2.75) is 25.8 Å². The number of hydrogen-bond donors (Lipinski definition) is 1. The van der Waals surface area contributed by atoms with Gasteiger partial charge in [0.05, 0.1) is 13.2 Å². The lowest BCUT2D eigenvalue weighted by atomic mass is 10.0. The van der Waals surface area contributed by atoms with Gasteiger partial charge in [0.1, 0.15) is 6.54 Å². The zero-order valence-electron chi connectivity index (χ0n) is 11.9. The third-order valence-electron chi connectivity index (χ3n) is 3.59. The lowest BCUT2D eigenvalue weighted by Gasteiger charge is -2.25. The predicted molar refractivity (Wildman–Crippen MR) is 75.3 cm³/mol. The first-order chi connectivity index (χ1) is 9.61. The molecule has 0 saturated carbocycles. The van der Waals surface area contributed by atoms with Gasteiger partial charge in [0.2, 0.25) is 0 Å². The number of carbonyl (C=O) groups excluding carboxylic acids is 2. The molecule has 0 bridgehead atoms. The smallest absolute Gasteiger partial charge is 0.325 e. The second-order valence-corrected chi connectivity index (χ2v) is 5.00. The van der Waals surface area contributed by atoms with E-state index in [1.165, 1.54) is 12.7 Å². The Balaban J connectivity index is 2.01. The molecule has 1 atom stereocenters. The molecular weight excluding hydrogens is 256 g/mol. The number of rotatable bonds is 3. The molecule has 0 radical (unpaired) electrons. The van der Waals surface area contributed by atoms with Crippen molar-refractivity contribution in [3.8, 4) is 0 Å². The zero-order valence-corrected chi connectivity index (χ0v) is 11.9. The molecular formula is C15H20N2O3. The molecule has 1 aromatic carbocycles. The third kappa shape index (κ3) is 3.29. The number of carbonyl (C=O) groups is 2. The Hall–Kier alpha value is -2.04. The molecule has 108 valence electrons. The lowest BCUT2D eigenvalue weighted by molar-refractivity contribution is -0.139. The number of nitrogens with zero attached hydrogens (tertiary/aromatic N) is 1. The second-order valence-electron chi connectivity index (χ2n) is 5.00. The van der Waals surface area contributed by atoms with Gasteiger partial charge < -0.3 is 15.0 Å².